The molecule has 0 saturated carbocycles. The van der Waals surface area contributed by atoms with E-state index >= 15 is 0 Å². The molecular weight excluding hydrogens is 524 g/mol. The van der Waals surface area contributed by atoms with Gasteiger partial charge in [0, 0.05) is 17.8 Å². The Labute approximate surface area is 229 Å². The van der Waals surface area contributed by atoms with E-state index in [-0.39, 0.29) is 18.0 Å². The largest absolute Gasteiger partial charge is 0.369 e. The summed E-state index contributed by atoms with van der Waals surface area (Å²) in [4.78, 5) is 33.6. The van der Waals surface area contributed by atoms with Crippen molar-refractivity contribution in [2.45, 2.75) is 19.9 Å². The van der Waals surface area contributed by atoms with Crippen molar-refractivity contribution in [1.29, 1.82) is 0 Å². The molecule has 1 N–H and O–H groups in total. The van der Waals surface area contributed by atoms with Gasteiger partial charge in [-0.1, -0.05) is 90.2 Å². The molecule has 0 bridgehead atoms. The van der Waals surface area contributed by atoms with Gasteiger partial charge in [0.2, 0.25) is 0 Å². The number of pyridine rings is 1. The van der Waals surface area contributed by atoms with Crippen LogP contribution in [0.1, 0.15) is 22.3 Å². The van der Waals surface area contributed by atoms with Crippen LogP contribution in [0.15, 0.2) is 82.6 Å². The average Bonchev–Trinajstić information content (AvgIpc) is 3.16. The van der Waals surface area contributed by atoms with Gasteiger partial charge in [-0.15, -0.1) is 0 Å². The predicted octanol–water partition coefficient (Wildman–Crippen LogP) is 5.71. The topological polar surface area (TPSA) is 66.7 Å². The summed E-state index contributed by atoms with van der Waals surface area (Å²) in [5.41, 5.74) is 3.47. The monoisotopic (exact) mass is 546 g/mol. The van der Waals surface area contributed by atoms with Crippen molar-refractivity contribution in [2.75, 3.05) is 11.9 Å². The standard InChI is InChI=1S/C28H23ClN4O2S2/c1-18-8-7-15-32-25(18)31-24(30-14-13-19-9-3-2-4-10-19)21(26(32)34)16-23-27(35)33(28(36)37-23)17-20-11-5-6-12-22(20)29/h2-12,15-16,30H,13-14,17H2,1H3. The molecule has 0 radical (unpaired) electrons. The first-order valence-electron chi connectivity index (χ1n) is 11.7. The summed E-state index contributed by atoms with van der Waals surface area (Å²) >= 11 is 13.0. The van der Waals surface area contributed by atoms with Gasteiger partial charge in [-0.2, -0.15) is 0 Å². The van der Waals surface area contributed by atoms with E-state index in [1.807, 2.05) is 49.4 Å². The van der Waals surface area contributed by atoms with Crippen LogP contribution in [0, 0.1) is 6.92 Å². The van der Waals surface area contributed by atoms with Crippen LogP contribution in [0.4, 0.5) is 5.82 Å². The fraction of sp³-hybridized carbons (Fsp3) is 0.143. The summed E-state index contributed by atoms with van der Waals surface area (Å²) in [7, 11) is 0. The van der Waals surface area contributed by atoms with Gasteiger partial charge in [-0.3, -0.25) is 18.9 Å². The van der Waals surface area contributed by atoms with Crippen LogP contribution in [-0.2, 0) is 17.8 Å². The molecule has 2 aromatic heterocycles. The number of aryl methyl sites for hydroxylation is 1. The Kier molecular flexibility index (Phi) is 7.41. The molecule has 5 rings (SSSR count). The van der Waals surface area contributed by atoms with Gasteiger partial charge >= 0.3 is 0 Å². The van der Waals surface area contributed by atoms with Crippen LogP contribution >= 0.6 is 35.6 Å². The van der Waals surface area contributed by atoms with Crippen LogP contribution < -0.4 is 10.9 Å². The number of hydrogen-bond donors (Lipinski definition) is 1. The number of carbonyl (C=O) groups is 1. The number of carbonyl (C=O) groups excluding carboxylic acids is 1. The summed E-state index contributed by atoms with van der Waals surface area (Å²) in [6.07, 6.45) is 4.04. The Morgan fingerprint density at radius 2 is 1.81 bits per heavy atom. The molecule has 0 atom stereocenters. The van der Waals surface area contributed by atoms with Crippen molar-refractivity contribution in [3.8, 4) is 0 Å². The third kappa shape index (κ3) is 5.32. The first kappa shape index (κ1) is 25.2. The second-order valence-electron chi connectivity index (χ2n) is 8.59. The first-order chi connectivity index (χ1) is 17.9. The molecule has 37 heavy (non-hydrogen) atoms. The molecule has 1 aliphatic heterocycles. The van der Waals surface area contributed by atoms with Crippen LogP contribution in [0.3, 0.4) is 0 Å². The Hall–Kier alpha value is -3.46. The fourth-order valence-corrected chi connectivity index (χ4v) is 5.54. The SMILES string of the molecule is Cc1cccn2c(=O)c(C=C3SC(=S)N(Cc4ccccc4Cl)C3=O)c(NCCc3ccccc3)nc12. The molecule has 6 nitrogen and oxygen atoms in total. The van der Waals surface area contributed by atoms with Gasteiger partial charge in [0.15, 0.2) is 0 Å². The summed E-state index contributed by atoms with van der Waals surface area (Å²) in [5.74, 6) is 0.172. The number of amides is 1. The van der Waals surface area contributed by atoms with Gasteiger partial charge in [0.05, 0.1) is 17.0 Å². The molecule has 1 amide bonds. The zero-order valence-corrected chi connectivity index (χ0v) is 22.4. The van der Waals surface area contributed by atoms with Gasteiger partial charge in [0.25, 0.3) is 11.5 Å². The lowest BCUT2D eigenvalue weighted by Gasteiger charge is -2.15. The molecule has 0 unspecified atom stereocenters. The zero-order valence-electron chi connectivity index (χ0n) is 20.0. The minimum Gasteiger partial charge on any atom is -0.369 e. The number of thiocarbonyl (C=S) groups is 1. The van der Waals surface area contributed by atoms with Crippen LogP contribution in [0.5, 0.6) is 0 Å². The van der Waals surface area contributed by atoms with E-state index in [9.17, 15) is 9.59 Å². The summed E-state index contributed by atoms with van der Waals surface area (Å²) in [6, 6.07) is 21.1. The Morgan fingerprint density at radius 1 is 1.05 bits per heavy atom. The van der Waals surface area contributed by atoms with Crippen molar-refractivity contribution in [3.63, 3.8) is 0 Å². The second kappa shape index (κ2) is 10.9. The third-order valence-electron chi connectivity index (χ3n) is 6.07. The molecule has 0 spiro atoms. The predicted molar refractivity (Wildman–Crippen MR) is 155 cm³/mol. The second-order valence-corrected chi connectivity index (χ2v) is 10.7. The molecule has 1 fully saturated rings. The zero-order chi connectivity index (χ0) is 25.9. The minimum absolute atomic E-state index is 0.257. The minimum atomic E-state index is -0.265. The number of halogens is 1. The number of aromatic nitrogens is 2. The Balaban J connectivity index is 1.50. The van der Waals surface area contributed by atoms with Gasteiger partial charge in [-0.25, -0.2) is 4.98 Å². The lowest BCUT2D eigenvalue weighted by molar-refractivity contribution is -0.122. The average molecular weight is 547 g/mol. The number of rotatable bonds is 7. The van der Waals surface area contributed by atoms with Crippen molar-refractivity contribution in [3.05, 3.63) is 115 Å². The Bertz CT molecular complexity index is 1600. The van der Waals surface area contributed by atoms with Crippen molar-refractivity contribution in [2.24, 2.45) is 0 Å². The highest BCUT2D eigenvalue weighted by Crippen LogP contribution is 2.35. The van der Waals surface area contributed by atoms with Gasteiger partial charge in [0.1, 0.15) is 15.8 Å². The molecule has 186 valence electrons. The smallest absolute Gasteiger partial charge is 0.267 e. The molecule has 4 aromatic rings. The highest BCUT2D eigenvalue weighted by Gasteiger charge is 2.33. The Morgan fingerprint density at radius 3 is 2.59 bits per heavy atom. The quantitative estimate of drug-likeness (QED) is 0.236. The number of hydrogen-bond acceptors (Lipinski definition) is 6. The summed E-state index contributed by atoms with van der Waals surface area (Å²) < 4.78 is 1.92. The highest BCUT2D eigenvalue weighted by molar-refractivity contribution is 8.26. The van der Waals surface area contributed by atoms with Gasteiger partial charge in [-0.05, 0) is 48.2 Å². The first-order valence-corrected chi connectivity index (χ1v) is 13.3. The van der Waals surface area contributed by atoms with Crippen molar-refractivity contribution < 1.29 is 4.79 Å². The van der Waals surface area contributed by atoms with E-state index in [1.165, 1.54) is 26.6 Å². The lowest BCUT2D eigenvalue weighted by Crippen LogP contribution is -2.27. The molecule has 1 saturated heterocycles. The van der Waals surface area contributed by atoms with Crippen LogP contribution in [-0.4, -0.2) is 31.1 Å². The number of anilines is 1. The third-order valence-corrected chi connectivity index (χ3v) is 7.82. The number of nitrogens with zero attached hydrogens (tertiary/aromatic N) is 3. The van der Waals surface area contributed by atoms with Crippen molar-refractivity contribution in [1.82, 2.24) is 14.3 Å². The van der Waals surface area contributed by atoms with E-state index in [2.05, 4.69) is 17.4 Å². The van der Waals surface area contributed by atoms with E-state index in [4.69, 9.17) is 28.8 Å². The molecule has 2 aromatic carbocycles. The lowest BCUT2D eigenvalue weighted by atomic mass is 10.1. The normalized spacial score (nSPS) is 14.6. The number of nitrogens with one attached hydrogen (secondary N) is 1. The van der Waals surface area contributed by atoms with Crippen LogP contribution in [0.25, 0.3) is 11.7 Å². The van der Waals surface area contributed by atoms with E-state index < -0.39 is 0 Å². The maximum absolute atomic E-state index is 13.6. The molecule has 9 heteroatoms. The van der Waals surface area contributed by atoms with Crippen molar-refractivity contribution >= 4 is 63.3 Å². The number of benzene rings is 2. The molecular formula is C28H23ClN4O2S2. The summed E-state index contributed by atoms with van der Waals surface area (Å²) in [6.45, 7) is 2.75. The van der Waals surface area contributed by atoms with E-state index in [0.29, 0.717) is 37.8 Å². The van der Waals surface area contributed by atoms with Gasteiger partial charge < -0.3 is 5.32 Å². The number of thioether (sulfide) groups is 1. The maximum atomic E-state index is 13.6. The van der Waals surface area contributed by atoms with Crippen LogP contribution in [0.2, 0.25) is 5.02 Å². The molecule has 0 aliphatic carbocycles. The highest BCUT2D eigenvalue weighted by atomic mass is 35.5. The molecule has 1 aliphatic rings. The summed E-state index contributed by atoms with van der Waals surface area (Å²) in [5, 5.41) is 3.89. The molecule has 3 heterocycles. The maximum Gasteiger partial charge on any atom is 0.267 e. The fourth-order valence-electron chi connectivity index (χ4n) is 4.11. The number of fused-ring (bicyclic) bond motifs is 1. The van der Waals surface area contributed by atoms with E-state index in [1.54, 1.807) is 24.4 Å². The van der Waals surface area contributed by atoms with E-state index in [0.717, 1.165) is 17.5 Å².